The number of nitrogens with one attached hydrogen (secondary N) is 1. The molecule has 1 atom stereocenters. The van der Waals surface area contributed by atoms with Gasteiger partial charge in [-0.2, -0.15) is 0 Å². The fraction of sp³-hybridized carbons (Fsp3) is 0.529. The van der Waals surface area contributed by atoms with Gasteiger partial charge in [0.25, 0.3) is 0 Å². The number of ether oxygens (including phenoxy) is 2. The van der Waals surface area contributed by atoms with Gasteiger partial charge in [0.05, 0.1) is 0 Å². The third-order valence-corrected chi connectivity index (χ3v) is 4.20. The van der Waals surface area contributed by atoms with E-state index in [0.29, 0.717) is 19.6 Å². The first-order chi connectivity index (χ1) is 11.0. The summed E-state index contributed by atoms with van der Waals surface area (Å²) in [6.45, 7) is 3.40. The van der Waals surface area contributed by atoms with Gasteiger partial charge in [0.2, 0.25) is 0 Å². The number of alkyl carbamates (subject to hydrolysis) is 1. The maximum absolute atomic E-state index is 11.9. The van der Waals surface area contributed by atoms with E-state index in [1.807, 2.05) is 37.3 Å². The molecule has 0 aromatic heterocycles. The van der Waals surface area contributed by atoms with Crippen molar-refractivity contribution < 1.29 is 24.2 Å². The molecule has 23 heavy (non-hydrogen) atoms. The third kappa shape index (κ3) is 5.56. The van der Waals surface area contributed by atoms with Crippen LogP contribution in [0.5, 0.6) is 0 Å². The van der Waals surface area contributed by atoms with Crippen molar-refractivity contribution in [2.24, 2.45) is 5.41 Å². The minimum atomic E-state index is -1.05. The van der Waals surface area contributed by atoms with E-state index in [1.165, 1.54) is 0 Å². The second-order valence-electron chi connectivity index (χ2n) is 6.22. The molecule has 0 aliphatic carbocycles. The number of aliphatic carboxylic acids is 1. The predicted molar refractivity (Wildman–Crippen MR) is 84.0 cm³/mol. The molecule has 1 aromatic carbocycles. The van der Waals surface area contributed by atoms with Crippen LogP contribution in [0.15, 0.2) is 30.3 Å². The highest BCUT2D eigenvalue weighted by Gasteiger charge is 2.34. The Balaban J connectivity index is 1.86. The molecule has 0 radical (unpaired) electrons. The highest BCUT2D eigenvalue weighted by molar-refractivity contribution is 5.79. The topological polar surface area (TPSA) is 84.9 Å². The van der Waals surface area contributed by atoms with Crippen LogP contribution in [0.3, 0.4) is 0 Å². The average Bonchev–Trinajstić information content (AvgIpc) is 2.54. The molecule has 2 N–H and O–H groups in total. The molecule has 1 fully saturated rings. The van der Waals surface area contributed by atoms with E-state index in [2.05, 4.69) is 5.32 Å². The Kier molecular flexibility index (Phi) is 5.98. The Morgan fingerprint density at radius 3 is 2.57 bits per heavy atom. The first kappa shape index (κ1) is 17.3. The summed E-state index contributed by atoms with van der Waals surface area (Å²) in [5, 5.41) is 11.8. The normalized spacial score (nSPS) is 18.0. The van der Waals surface area contributed by atoms with E-state index < -0.39 is 18.1 Å². The summed E-state index contributed by atoms with van der Waals surface area (Å²) in [7, 11) is 0. The van der Waals surface area contributed by atoms with Gasteiger partial charge >= 0.3 is 12.1 Å². The molecule has 1 aromatic rings. The van der Waals surface area contributed by atoms with Gasteiger partial charge in [-0.1, -0.05) is 37.3 Å². The lowest BCUT2D eigenvalue weighted by Gasteiger charge is -2.35. The zero-order valence-corrected chi connectivity index (χ0v) is 13.3. The van der Waals surface area contributed by atoms with Crippen molar-refractivity contribution in [1.82, 2.24) is 5.32 Å². The molecule has 2 rings (SSSR count). The van der Waals surface area contributed by atoms with Crippen molar-refractivity contribution in [2.45, 2.75) is 38.8 Å². The van der Waals surface area contributed by atoms with Gasteiger partial charge in [0.1, 0.15) is 12.6 Å². The van der Waals surface area contributed by atoms with Crippen molar-refractivity contribution in [3.8, 4) is 0 Å². The smallest absolute Gasteiger partial charge is 0.408 e. The van der Waals surface area contributed by atoms with E-state index in [4.69, 9.17) is 9.47 Å². The lowest BCUT2D eigenvalue weighted by atomic mass is 9.77. The van der Waals surface area contributed by atoms with Crippen molar-refractivity contribution >= 4 is 12.1 Å². The maximum atomic E-state index is 11.9. The number of carbonyl (C=O) groups is 2. The number of hydrogen-bond donors (Lipinski definition) is 2. The van der Waals surface area contributed by atoms with Crippen LogP contribution in [0.1, 0.15) is 31.7 Å². The average molecular weight is 321 g/mol. The minimum absolute atomic E-state index is 0.115. The van der Waals surface area contributed by atoms with Crippen LogP contribution >= 0.6 is 0 Å². The molecule has 0 saturated carbocycles. The van der Waals surface area contributed by atoms with Crippen LogP contribution < -0.4 is 5.32 Å². The number of hydrogen-bond acceptors (Lipinski definition) is 4. The first-order valence-corrected chi connectivity index (χ1v) is 7.76. The maximum Gasteiger partial charge on any atom is 0.408 e. The highest BCUT2D eigenvalue weighted by Crippen LogP contribution is 2.34. The molecule has 1 unspecified atom stereocenters. The molecule has 6 heteroatoms. The summed E-state index contributed by atoms with van der Waals surface area (Å²) in [6, 6.07) is 8.29. The summed E-state index contributed by atoms with van der Waals surface area (Å²) < 4.78 is 10.4. The SMILES string of the molecule is CC1(CC(NC(=O)OCc2ccccc2)C(=O)O)CCOCC1. The van der Waals surface area contributed by atoms with Crippen molar-refractivity contribution in [3.63, 3.8) is 0 Å². The lowest BCUT2D eigenvalue weighted by Crippen LogP contribution is -2.45. The predicted octanol–water partition coefficient (Wildman–Crippen LogP) is 2.57. The number of benzene rings is 1. The Morgan fingerprint density at radius 1 is 1.30 bits per heavy atom. The van der Waals surface area contributed by atoms with E-state index >= 15 is 0 Å². The zero-order valence-electron chi connectivity index (χ0n) is 13.3. The number of carboxylic acid groups (broad SMARTS) is 1. The van der Waals surface area contributed by atoms with Gasteiger partial charge in [-0.05, 0) is 30.2 Å². The van der Waals surface area contributed by atoms with Crippen LogP contribution in [-0.4, -0.2) is 36.4 Å². The Labute approximate surface area is 135 Å². The molecule has 126 valence electrons. The number of amides is 1. The van der Waals surface area contributed by atoms with Crippen molar-refractivity contribution in [3.05, 3.63) is 35.9 Å². The molecule has 1 aliphatic rings. The summed E-state index contributed by atoms with van der Waals surface area (Å²) >= 11 is 0. The molecule has 1 aliphatic heterocycles. The molecular formula is C17H23NO5. The molecule has 1 saturated heterocycles. The summed E-state index contributed by atoms with van der Waals surface area (Å²) in [4.78, 5) is 23.3. The Morgan fingerprint density at radius 2 is 1.96 bits per heavy atom. The fourth-order valence-electron chi connectivity index (χ4n) is 2.67. The number of carboxylic acids is 1. The van der Waals surface area contributed by atoms with E-state index in [-0.39, 0.29) is 12.0 Å². The van der Waals surface area contributed by atoms with Crippen LogP contribution in [0.25, 0.3) is 0 Å². The van der Waals surface area contributed by atoms with Crippen LogP contribution in [0.4, 0.5) is 4.79 Å². The Hall–Kier alpha value is -2.08. The molecule has 1 heterocycles. The number of carbonyl (C=O) groups excluding carboxylic acids is 1. The van der Waals surface area contributed by atoms with Crippen LogP contribution in [-0.2, 0) is 20.9 Å². The quantitative estimate of drug-likeness (QED) is 0.841. The van der Waals surface area contributed by atoms with E-state index in [1.54, 1.807) is 0 Å². The van der Waals surface area contributed by atoms with Gasteiger partial charge in [0.15, 0.2) is 0 Å². The van der Waals surface area contributed by atoms with Crippen LogP contribution in [0.2, 0.25) is 0 Å². The largest absolute Gasteiger partial charge is 0.480 e. The lowest BCUT2D eigenvalue weighted by molar-refractivity contribution is -0.140. The van der Waals surface area contributed by atoms with Gasteiger partial charge < -0.3 is 19.9 Å². The van der Waals surface area contributed by atoms with Gasteiger partial charge in [-0.25, -0.2) is 9.59 Å². The van der Waals surface area contributed by atoms with Crippen LogP contribution in [0, 0.1) is 5.41 Å². The second-order valence-corrected chi connectivity index (χ2v) is 6.22. The first-order valence-electron chi connectivity index (χ1n) is 7.76. The molecule has 6 nitrogen and oxygen atoms in total. The monoisotopic (exact) mass is 321 g/mol. The molecular weight excluding hydrogens is 298 g/mol. The standard InChI is InChI=1S/C17H23NO5/c1-17(7-9-22-10-8-17)11-14(15(19)20)18-16(21)23-12-13-5-3-2-4-6-13/h2-6,14H,7-12H2,1H3,(H,18,21)(H,19,20). The fourth-order valence-corrected chi connectivity index (χ4v) is 2.67. The van der Waals surface area contributed by atoms with Gasteiger partial charge in [-0.3, -0.25) is 0 Å². The minimum Gasteiger partial charge on any atom is -0.480 e. The zero-order chi connectivity index (χ0) is 16.7. The van der Waals surface area contributed by atoms with Gasteiger partial charge in [0, 0.05) is 13.2 Å². The molecule has 1 amide bonds. The molecule has 0 bridgehead atoms. The highest BCUT2D eigenvalue weighted by atomic mass is 16.5. The van der Waals surface area contributed by atoms with Gasteiger partial charge in [-0.15, -0.1) is 0 Å². The summed E-state index contributed by atoms with van der Waals surface area (Å²) in [6.07, 6.45) is 1.23. The number of rotatable bonds is 6. The van der Waals surface area contributed by atoms with E-state index in [9.17, 15) is 14.7 Å². The summed E-state index contributed by atoms with van der Waals surface area (Å²) in [5.41, 5.74) is 0.708. The van der Waals surface area contributed by atoms with Crippen molar-refractivity contribution in [1.29, 1.82) is 0 Å². The van der Waals surface area contributed by atoms with Crippen molar-refractivity contribution in [2.75, 3.05) is 13.2 Å². The third-order valence-electron chi connectivity index (χ3n) is 4.20. The Bertz CT molecular complexity index is 525. The van der Waals surface area contributed by atoms with E-state index in [0.717, 1.165) is 18.4 Å². The molecule has 0 spiro atoms. The summed E-state index contributed by atoms with van der Waals surface area (Å²) in [5.74, 6) is -1.05. The second kappa shape index (κ2) is 7.97.